The minimum absolute atomic E-state index is 0.108. The lowest BCUT2D eigenvalue weighted by Crippen LogP contribution is -2.40. The number of ether oxygens (including phenoxy) is 2. The molecule has 10 nitrogen and oxygen atoms in total. The fraction of sp³-hybridized carbons (Fsp3) is 0.417. The van der Waals surface area contributed by atoms with Crippen LogP contribution >= 0.6 is 0 Å². The second kappa shape index (κ2) is 8.69. The molecule has 0 bridgehead atoms. The molecule has 1 saturated heterocycles. The lowest BCUT2D eigenvalue weighted by molar-refractivity contribution is 0.0327. The van der Waals surface area contributed by atoms with Crippen molar-refractivity contribution in [2.75, 3.05) is 25.6 Å². The summed E-state index contributed by atoms with van der Waals surface area (Å²) in [5.74, 6) is 0.502. The van der Waals surface area contributed by atoms with E-state index in [1.165, 1.54) is 0 Å². The van der Waals surface area contributed by atoms with E-state index in [2.05, 4.69) is 30.7 Å². The summed E-state index contributed by atoms with van der Waals surface area (Å²) in [4.78, 5) is 25.4. The maximum Gasteiger partial charge on any atom is 0.255 e. The third-order valence-electron chi connectivity index (χ3n) is 6.83. The van der Waals surface area contributed by atoms with Crippen molar-refractivity contribution in [3.63, 3.8) is 0 Å². The molecule has 176 valence electrons. The van der Waals surface area contributed by atoms with Crippen molar-refractivity contribution in [2.45, 2.75) is 43.9 Å². The molecule has 2 aliphatic rings. The molecule has 4 aromatic rings. The Morgan fingerprint density at radius 3 is 2.91 bits per heavy atom. The fourth-order valence-electron chi connectivity index (χ4n) is 4.70. The van der Waals surface area contributed by atoms with Crippen LogP contribution in [0, 0.1) is 0 Å². The van der Waals surface area contributed by atoms with E-state index >= 15 is 0 Å². The van der Waals surface area contributed by atoms with Gasteiger partial charge in [-0.05, 0) is 43.4 Å². The van der Waals surface area contributed by atoms with Crippen LogP contribution < -0.4 is 10.6 Å². The third-order valence-corrected chi connectivity index (χ3v) is 6.83. The molecule has 34 heavy (non-hydrogen) atoms. The SMILES string of the molecule is COC1CC(Nc2ncc3c(-c4ccn5ncc(C(=O)NC6CCOCC6)c5c4)c[nH]c3n2)C1. The van der Waals surface area contributed by atoms with E-state index in [1.54, 1.807) is 17.8 Å². The van der Waals surface area contributed by atoms with E-state index in [-0.39, 0.29) is 11.9 Å². The van der Waals surface area contributed by atoms with Crippen LogP contribution in [0.2, 0.25) is 0 Å². The molecule has 1 aliphatic carbocycles. The van der Waals surface area contributed by atoms with Crippen LogP contribution in [0.3, 0.4) is 0 Å². The highest BCUT2D eigenvalue weighted by molar-refractivity contribution is 6.02. The molecule has 0 unspecified atom stereocenters. The normalized spacial score (nSPS) is 21.0. The number of aromatic amines is 1. The third kappa shape index (κ3) is 3.88. The van der Waals surface area contributed by atoms with Crippen molar-refractivity contribution in [1.29, 1.82) is 0 Å². The van der Waals surface area contributed by atoms with Gasteiger partial charge in [-0.3, -0.25) is 4.79 Å². The van der Waals surface area contributed by atoms with Crippen LogP contribution in [0.25, 0.3) is 27.7 Å². The summed E-state index contributed by atoms with van der Waals surface area (Å²) in [6.07, 6.45) is 11.2. The standard InChI is InChI=1S/C24H27N7O3/c1-33-17-9-16(10-17)29-24-26-12-19-18(11-25-22(19)30-24)14-2-5-31-21(8-14)20(13-27-31)23(32)28-15-3-6-34-7-4-15/h2,5,8,11-13,15-17H,3-4,6-7,9-10H2,1H3,(H,28,32)(H2,25,26,29,30). The highest BCUT2D eigenvalue weighted by Crippen LogP contribution is 2.30. The monoisotopic (exact) mass is 461 g/mol. The van der Waals surface area contributed by atoms with Crippen molar-refractivity contribution in [1.82, 2.24) is 29.9 Å². The summed E-state index contributed by atoms with van der Waals surface area (Å²) in [6.45, 7) is 1.36. The number of carbonyl (C=O) groups excluding carboxylic acids is 1. The molecule has 10 heteroatoms. The molecule has 0 aromatic carbocycles. The number of fused-ring (bicyclic) bond motifs is 2. The lowest BCUT2D eigenvalue weighted by atomic mass is 9.89. The minimum atomic E-state index is -0.108. The van der Waals surface area contributed by atoms with Crippen LogP contribution in [0.4, 0.5) is 5.95 Å². The van der Waals surface area contributed by atoms with E-state index in [0.29, 0.717) is 36.9 Å². The first kappa shape index (κ1) is 21.1. The number of anilines is 1. The topological polar surface area (TPSA) is 118 Å². The molecule has 3 N–H and O–H groups in total. The van der Waals surface area contributed by atoms with Crippen LogP contribution in [0.5, 0.6) is 0 Å². The van der Waals surface area contributed by atoms with Gasteiger partial charge < -0.3 is 25.1 Å². The summed E-state index contributed by atoms with van der Waals surface area (Å²) in [6, 6.07) is 4.44. The Morgan fingerprint density at radius 2 is 2.09 bits per heavy atom. The van der Waals surface area contributed by atoms with Gasteiger partial charge >= 0.3 is 0 Å². The number of nitrogens with zero attached hydrogens (tertiary/aromatic N) is 4. The maximum absolute atomic E-state index is 12.9. The average molecular weight is 462 g/mol. The summed E-state index contributed by atoms with van der Waals surface area (Å²) >= 11 is 0. The quantitative estimate of drug-likeness (QED) is 0.404. The molecule has 2 fully saturated rings. The van der Waals surface area contributed by atoms with Crippen molar-refractivity contribution in [3.05, 3.63) is 42.5 Å². The minimum Gasteiger partial charge on any atom is -0.381 e. The number of aromatic nitrogens is 5. The summed E-state index contributed by atoms with van der Waals surface area (Å²) in [5, 5.41) is 11.8. The molecule has 0 spiro atoms. The number of hydrogen-bond acceptors (Lipinski definition) is 7. The van der Waals surface area contributed by atoms with Gasteiger partial charge in [0.1, 0.15) is 5.65 Å². The average Bonchev–Trinajstić information content (AvgIpc) is 3.45. The zero-order valence-corrected chi connectivity index (χ0v) is 19.0. The zero-order valence-electron chi connectivity index (χ0n) is 19.0. The van der Waals surface area contributed by atoms with Gasteiger partial charge in [0.2, 0.25) is 5.95 Å². The summed E-state index contributed by atoms with van der Waals surface area (Å²) in [7, 11) is 1.74. The predicted molar refractivity (Wildman–Crippen MR) is 127 cm³/mol. The molecule has 0 radical (unpaired) electrons. The largest absolute Gasteiger partial charge is 0.381 e. The van der Waals surface area contributed by atoms with Gasteiger partial charge in [0, 0.05) is 61.9 Å². The van der Waals surface area contributed by atoms with E-state index in [4.69, 9.17) is 9.47 Å². The van der Waals surface area contributed by atoms with Gasteiger partial charge in [0.25, 0.3) is 5.91 Å². The molecule has 5 heterocycles. The Morgan fingerprint density at radius 1 is 1.24 bits per heavy atom. The van der Waals surface area contributed by atoms with Crippen molar-refractivity contribution in [3.8, 4) is 11.1 Å². The summed E-state index contributed by atoms with van der Waals surface area (Å²) in [5.41, 5.74) is 4.02. The number of hydrogen-bond donors (Lipinski definition) is 3. The number of amides is 1. The second-order valence-electron chi connectivity index (χ2n) is 8.99. The summed E-state index contributed by atoms with van der Waals surface area (Å²) < 4.78 is 12.5. The van der Waals surface area contributed by atoms with Gasteiger partial charge in [-0.1, -0.05) is 0 Å². The highest BCUT2D eigenvalue weighted by Gasteiger charge is 2.29. The molecular weight excluding hydrogens is 434 g/mol. The first-order chi connectivity index (χ1) is 16.7. The Labute approximate surface area is 196 Å². The van der Waals surface area contributed by atoms with Crippen LogP contribution in [-0.4, -0.2) is 69.0 Å². The zero-order chi connectivity index (χ0) is 23.1. The van der Waals surface area contributed by atoms with E-state index < -0.39 is 0 Å². The Hall–Kier alpha value is -3.50. The number of H-pyrrole nitrogens is 1. The first-order valence-electron chi connectivity index (χ1n) is 11.7. The van der Waals surface area contributed by atoms with Gasteiger partial charge in [-0.25, -0.2) is 9.50 Å². The lowest BCUT2D eigenvalue weighted by Gasteiger charge is -2.34. The Bertz CT molecular complexity index is 1340. The van der Waals surface area contributed by atoms with E-state index in [1.807, 2.05) is 30.7 Å². The number of rotatable bonds is 6. The number of pyridine rings is 1. The number of nitrogens with one attached hydrogen (secondary N) is 3. The molecule has 1 saturated carbocycles. The molecule has 4 aromatic heterocycles. The van der Waals surface area contributed by atoms with Crippen molar-refractivity contribution < 1.29 is 14.3 Å². The van der Waals surface area contributed by atoms with Crippen LogP contribution in [0.15, 0.2) is 36.9 Å². The molecule has 0 atom stereocenters. The van der Waals surface area contributed by atoms with Crippen molar-refractivity contribution >= 4 is 28.4 Å². The van der Waals surface area contributed by atoms with Gasteiger partial charge in [-0.15, -0.1) is 0 Å². The molecule has 1 aliphatic heterocycles. The molecular formula is C24H27N7O3. The number of methoxy groups -OCH3 is 1. The molecule has 1 amide bonds. The molecule has 6 rings (SSSR count). The maximum atomic E-state index is 12.9. The van der Waals surface area contributed by atoms with Gasteiger partial charge in [0.05, 0.1) is 23.4 Å². The Kier molecular flexibility index (Phi) is 5.39. The van der Waals surface area contributed by atoms with Gasteiger partial charge in [0.15, 0.2) is 0 Å². The van der Waals surface area contributed by atoms with Crippen molar-refractivity contribution in [2.24, 2.45) is 0 Å². The predicted octanol–water partition coefficient (Wildman–Crippen LogP) is 2.77. The van der Waals surface area contributed by atoms with Gasteiger partial charge in [-0.2, -0.15) is 10.1 Å². The Balaban J connectivity index is 1.25. The van der Waals surface area contributed by atoms with E-state index in [9.17, 15) is 4.79 Å². The van der Waals surface area contributed by atoms with Crippen LogP contribution in [-0.2, 0) is 9.47 Å². The van der Waals surface area contributed by atoms with Crippen LogP contribution in [0.1, 0.15) is 36.0 Å². The smallest absolute Gasteiger partial charge is 0.255 e. The number of carbonyl (C=O) groups is 1. The second-order valence-corrected chi connectivity index (χ2v) is 8.99. The fourth-order valence-corrected chi connectivity index (χ4v) is 4.70. The first-order valence-corrected chi connectivity index (χ1v) is 11.7. The van der Waals surface area contributed by atoms with E-state index in [0.717, 1.165) is 53.4 Å². The highest BCUT2D eigenvalue weighted by atomic mass is 16.5.